The van der Waals surface area contributed by atoms with Gasteiger partial charge in [0.1, 0.15) is 6.04 Å². The van der Waals surface area contributed by atoms with Crippen molar-refractivity contribution in [2.24, 2.45) is 0 Å². The van der Waals surface area contributed by atoms with Crippen LogP contribution in [0.25, 0.3) is 0 Å². The minimum Gasteiger partial charge on any atom is -0.550 e. The van der Waals surface area contributed by atoms with Gasteiger partial charge in [-0.1, -0.05) is 6.42 Å². The van der Waals surface area contributed by atoms with Gasteiger partial charge in [-0.2, -0.15) is 0 Å². The predicted octanol–water partition coefficient (Wildman–Crippen LogP) is -2.08. The van der Waals surface area contributed by atoms with Crippen LogP contribution in [-0.4, -0.2) is 53.8 Å². The summed E-state index contributed by atoms with van der Waals surface area (Å²) in [6.07, 6.45) is 5.93. The highest BCUT2D eigenvalue weighted by Gasteiger charge is 2.50. The number of carbonyl (C=O) groups excluding carboxylic acids is 1. The molecule has 0 radical (unpaired) electrons. The topological polar surface area (TPSA) is 63.2 Å². The third-order valence-electron chi connectivity index (χ3n) is 4.59. The third kappa shape index (κ3) is 2.07. The number of aliphatic carboxylic acids is 1. The van der Waals surface area contributed by atoms with Gasteiger partial charge in [0.25, 0.3) is 0 Å². The van der Waals surface area contributed by atoms with Crippen molar-refractivity contribution in [3.63, 3.8) is 0 Å². The van der Waals surface area contributed by atoms with Crippen LogP contribution in [0, 0.1) is 0 Å². The first-order valence-corrected chi connectivity index (χ1v) is 6.80. The lowest BCUT2D eigenvalue weighted by Gasteiger charge is -2.25. The van der Waals surface area contributed by atoms with Crippen molar-refractivity contribution in [3.8, 4) is 0 Å². The molecule has 3 rings (SSSR count). The number of nitrogens with zero attached hydrogens (tertiary/aromatic N) is 2. The number of fused-ring (bicyclic) bond motifs is 3. The van der Waals surface area contributed by atoms with Crippen molar-refractivity contribution in [1.82, 2.24) is 9.80 Å². The van der Waals surface area contributed by atoms with E-state index in [0.29, 0.717) is 12.8 Å². The van der Waals surface area contributed by atoms with Gasteiger partial charge in [-0.05, 0) is 19.3 Å². The molecule has 3 aliphatic rings. The van der Waals surface area contributed by atoms with E-state index in [4.69, 9.17) is 0 Å². The Morgan fingerprint density at radius 3 is 2.94 bits per heavy atom. The maximum atomic E-state index is 10.5. The van der Waals surface area contributed by atoms with Gasteiger partial charge in [0.15, 0.2) is 0 Å². The lowest BCUT2D eigenvalue weighted by atomic mass is 9.91. The summed E-state index contributed by atoms with van der Waals surface area (Å²) in [5.41, 5.74) is 0. The van der Waals surface area contributed by atoms with Crippen molar-refractivity contribution >= 4 is 5.97 Å². The Bertz CT molecular complexity index is 310. The van der Waals surface area contributed by atoms with Gasteiger partial charge in [-0.15, -0.1) is 0 Å². The first-order chi connectivity index (χ1) is 8.25. The molecule has 0 aromatic heterocycles. The second-order valence-electron chi connectivity index (χ2n) is 5.52. The van der Waals surface area contributed by atoms with Crippen molar-refractivity contribution in [2.75, 3.05) is 19.6 Å². The summed E-state index contributed by atoms with van der Waals surface area (Å²) in [6, 6.07) is 1.49. The molecule has 96 valence electrons. The van der Waals surface area contributed by atoms with Gasteiger partial charge in [0, 0.05) is 32.0 Å². The molecule has 2 N–H and O–H groups in total. The maximum Gasteiger partial charge on any atom is 0.202 e. The van der Waals surface area contributed by atoms with Crippen LogP contribution in [0.5, 0.6) is 0 Å². The molecule has 0 spiro atoms. The molecule has 2 heterocycles. The van der Waals surface area contributed by atoms with Gasteiger partial charge in [-0.25, -0.2) is 9.80 Å². The fraction of sp³-hybridized carbons (Fsp3) is 0.917. The van der Waals surface area contributed by atoms with Crippen LogP contribution in [0.1, 0.15) is 32.1 Å². The molecule has 0 aromatic carbocycles. The van der Waals surface area contributed by atoms with Gasteiger partial charge in [-0.3, -0.25) is 0 Å². The fourth-order valence-corrected chi connectivity index (χ4v) is 3.79. The summed E-state index contributed by atoms with van der Waals surface area (Å²) < 4.78 is 0. The van der Waals surface area contributed by atoms with E-state index < -0.39 is 5.97 Å². The summed E-state index contributed by atoms with van der Waals surface area (Å²) in [5, 5.41) is 13.0. The minimum atomic E-state index is -0.932. The molecule has 1 aliphatic carbocycles. The number of carboxylic acid groups (broad SMARTS) is 1. The minimum absolute atomic E-state index is 0.160. The SMILES string of the molecule is O=C([O-])CCN1CCN2C3CCCCC3[NH2+]C12. The molecule has 2 saturated heterocycles. The molecule has 3 unspecified atom stereocenters. The summed E-state index contributed by atoms with van der Waals surface area (Å²) in [4.78, 5) is 15.4. The molecular weight excluding hydrogens is 218 g/mol. The number of rotatable bonds is 3. The van der Waals surface area contributed by atoms with Crippen molar-refractivity contribution < 1.29 is 15.2 Å². The van der Waals surface area contributed by atoms with E-state index in [0.717, 1.165) is 25.2 Å². The first-order valence-electron chi connectivity index (χ1n) is 6.80. The van der Waals surface area contributed by atoms with Crippen LogP contribution < -0.4 is 10.4 Å². The lowest BCUT2D eigenvalue weighted by Crippen LogP contribution is -2.95. The van der Waals surface area contributed by atoms with E-state index in [-0.39, 0.29) is 6.42 Å². The average molecular weight is 239 g/mol. The van der Waals surface area contributed by atoms with E-state index in [2.05, 4.69) is 15.1 Å². The van der Waals surface area contributed by atoms with Crippen molar-refractivity contribution in [1.29, 1.82) is 0 Å². The molecule has 3 atom stereocenters. The molecule has 0 bridgehead atoms. The van der Waals surface area contributed by atoms with Crippen molar-refractivity contribution in [2.45, 2.75) is 50.5 Å². The molecule has 0 aromatic rings. The van der Waals surface area contributed by atoms with Crippen LogP contribution in [0.2, 0.25) is 0 Å². The zero-order valence-electron chi connectivity index (χ0n) is 10.2. The Kier molecular flexibility index (Phi) is 3.06. The molecular formula is C12H21N3O2. The molecule has 17 heavy (non-hydrogen) atoms. The number of hydrogen-bond donors (Lipinski definition) is 1. The molecule has 1 saturated carbocycles. The Labute approximate surface area is 102 Å². The van der Waals surface area contributed by atoms with Crippen LogP contribution in [0.4, 0.5) is 0 Å². The van der Waals surface area contributed by atoms with Gasteiger partial charge in [0.2, 0.25) is 6.29 Å². The third-order valence-corrected chi connectivity index (χ3v) is 4.59. The Morgan fingerprint density at radius 2 is 2.12 bits per heavy atom. The van der Waals surface area contributed by atoms with Crippen LogP contribution in [-0.2, 0) is 4.79 Å². The maximum absolute atomic E-state index is 10.5. The average Bonchev–Trinajstić information content (AvgIpc) is 2.85. The van der Waals surface area contributed by atoms with E-state index in [9.17, 15) is 9.90 Å². The number of carbonyl (C=O) groups is 1. The van der Waals surface area contributed by atoms with Gasteiger partial charge >= 0.3 is 0 Å². The van der Waals surface area contributed by atoms with Crippen molar-refractivity contribution in [3.05, 3.63) is 0 Å². The van der Waals surface area contributed by atoms with Crippen LogP contribution in [0.3, 0.4) is 0 Å². The molecule has 3 fully saturated rings. The van der Waals surface area contributed by atoms with E-state index in [1.54, 1.807) is 0 Å². The number of carboxylic acids is 1. The number of nitrogens with two attached hydrogens (primary N) is 1. The van der Waals surface area contributed by atoms with Gasteiger partial charge in [0.05, 0.1) is 6.04 Å². The zero-order chi connectivity index (χ0) is 11.8. The predicted molar refractivity (Wildman–Crippen MR) is 59.7 cm³/mol. The highest BCUT2D eigenvalue weighted by molar-refractivity contribution is 5.64. The van der Waals surface area contributed by atoms with Gasteiger partial charge < -0.3 is 15.2 Å². The summed E-state index contributed by atoms with van der Waals surface area (Å²) in [6.45, 7) is 2.76. The standard InChI is InChI=1S/C12H21N3O2/c16-11(17)5-6-14-7-8-15-10-4-2-1-3-9(10)13-12(14)15/h9-10,12-13H,1-8H2,(H,16,17). The molecule has 2 aliphatic heterocycles. The largest absolute Gasteiger partial charge is 0.550 e. The normalized spacial score (nSPS) is 38.0. The Balaban J connectivity index is 1.62. The number of hydrogen-bond acceptors (Lipinski definition) is 4. The zero-order valence-corrected chi connectivity index (χ0v) is 10.2. The van der Waals surface area contributed by atoms with E-state index in [1.807, 2.05) is 0 Å². The Morgan fingerprint density at radius 1 is 1.29 bits per heavy atom. The second-order valence-corrected chi connectivity index (χ2v) is 5.52. The van der Waals surface area contributed by atoms with Crippen LogP contribution >= 0.6 is 0 Å². The monoisotopic (exact) mass is 239 g/mol. The summed E-state index contributed by atoms with van der Waals surface area (Å²) in [7, 11) is 0. The highest BCUT2D eigenvalue weighted by atomic mass is 16.4. The molecule has 0 amide bonds. The highest BCUT2D eigenvalue weighted by Crippen LogP contribution is 2.28. The van der Waals surface area contributed by atoms with Crippen LogP contribution in [0.15, 0.2) is 0 Å². The smallest absolute Gasteiger partial charge is 0.202 e. The Hall–Kier alpha value is -0.650. The molecule has 5 nitrogen and oxygen atoms in total. The number of quaternary nitrogens is 1. The second kappa shape index (κ2) is 4.55. The van der Waals surface area contributed by atoms with E-state index >= 15 is 0 Å². The fourth-order valence-electron chi connectivity index (χ4n) is 3.79. The molecule has 5 heteroatoms. The van der Waals surface area contributed by atoms with E-state index in [1.165, 1.54) is 25.7 Å². The summed E-state index contributed by atoms with van der Waals surface area (Å²) >= 11 is 0. The first kappa shape index (κ1) is 11.4. The lowest BCUT2D eigenvalue weighted by molar-refractivity contribution is -0.726. The summed E-state index contributed by atoms with van der Waals surface area (Å²) in [5.74, 6) is -0.932. The quantitative estimate of drug-likeness (QED) is 0.614.